The predicted octanol–water partition coefficient (Wildman–Crippen LogP) is 1.78. The van der Waals surface area contributed by atoms with Gasteiger partial charge in [-0.05, 0) is 24.1 Å². The Labute approximate surface area is 179 Å². The SMILES string of the molecule is CN=C(NCCc1cc(F)cc(F)c1)N1CCN(c2cnn(C)c2)C(=O)C1.I. The van der Waals surface area contributed by atoms with Crippen molar-refractivity contribution < 1.29 is 13.6 Å². The lowest BCUT2D eigenvalue weighted by Crippen LogP contribution is -2.55. The van der Waals surface area contributed by atoms with Gasteiger partial charge >= 0.3 is 0 Å². The number of amides is 1. The van der Waals surface area contributed by atoms with Crippen LogP contribution in [-0.4, -0.2) is 59.8 Å². The Morgan fingerprint density at radius 3 is 2.54 bits per heavy atom. The molecule has 2 heterocycles. The van der Waals surface area contributed by atoms with Crippen LogP contribution >= 0.6 is 24.0 Å². The molecule has 1 aromatic heterocycles. The zero-order valence-corrected chi connectivity index (χ0v) is 18.1. The molecule has 0 atom stereocenters. The molecule has 1 N–H and O–H groups in total. The number of nitrogens with zero attached hydrogens (tertiary/aromatic N) is 5. The highest BCUT2D eigenvalue weighted by molar-refractivity contribution is 14.0. The highest BCUT2D eigenvalue weighted by atomic mass is 127. The number of halogens is 3. The molecule has 0 spiro atoms. The summed E-state index contributed by atoms with van der Waals surface area (Å²) in [5.41, 5.74) is 1.34. The van der Waals surface area contributed by atoms with Crippen molar-refractivity contribution in [2.75, 3.05) is 38.1 Å². The van der Waals surface area contributed by atoms with E-state index in [1.807, 2.05) is 4.90 Å². The van der Waals surface area contributed by atoms with Crippen molar-refractivity contribution >= 4 is 41.5 Å². The van der Waals surface area contributed by atoms with Crippen LogP contribution in [0, 0.1) is 11.6 Å². The third kappa shape index (κ3) is 5.40. The van der Waals surface area contributed by atoms with Crippen molar-refractivity contribution in [1.82, 2.24) is 20.0 Å². The molecular weight excluding hydrogens is 481 g/mol. The number of guanidine groups is 1. The lowest BCUT2D eigenvalue weighted by atomic mass is 10.1. The van der Waals surface area contributed by atoms with Crippen LogP contribution < -0.4 is 10.2 Å². The van der Waals surface area contributed by atoms with Gasteiger partial charge in [0.1, 0.15) is 18.2 Å². The third-order valence-corrected chi connectivity index (χ3v) is 4.35. The summed E-state index contributed by atoms with van der Waals surface area (Å²) < 4.78 is 28.2. The fourth-order valence-electron chi connectivity index (χ4n) is 3.08. The second-order valence-electron chi connectivity index (χ2n) is 6.34. The number of benzene rings is 1. The van der Waals surface area contributed by atoms with Gasteiger partial charge in [-0.2, -0.15) is 5.10 Å². The third-order valence-electron chi connectivity index (χ3n) is 4.35. The number of piperazine rings is 1. The van der Waals surface area contributed by atoms with Gasteiger partial charge in [0, 0.05) is 46.0 Å². The van der Waals surface area contributed by atoms with E-state index < -0.39 is 11.6 Å². The Morgan fingerprint density at radius 1 is 1.25 bits per heavy atom. The molecule has 28 heavy (non-hydrogen) atoms. The van der Waals surface area contributed by atoms with Crippen LogP contribution in [0.4, 0.5) is 14.5 Å². The molecule has 10 heteroatoms. The van der Waals surface area contributed by atoms with E-state index in [2.05, 4.69) is 15.4 Å². The Balaban J connectivity index is 0.00000280. The molecule has 1 amide bonds. The van der Waals surface area contributed by atoms with E-state index in [-0.39, 0.29) is 36.4 Å². The van der Waals surface area contributed by atoms with Crippen molar-refractivity contribution in [3.63, 3.8) is 0 Å². The molecular formula is C18H23F2IN6O. The zero-order chi connectivity index (χ0) is 19.4. The van der Waals surface area contributed by atoms with Gasteiger partial charge in [0.05, 0.1) is 11.9 Å². The highest BCUT2D eigenvalue weighted by Crippen LogP contribution is 2.16. The Kier molecular flexibility index (Phi) is 7.72. The van der Waals surface area contributed by atoms with E-state index in [0.29, 0.717) is 37.6 Å². The van der Waals surface area contributed by atoms with E-state index in [1.165, 1.54) is 12.1 Å². The number of nitrogens with one attached hydrogen (secondary N) is 1. The summed E-state index contributed by atoms with van der Waals surface area (Å²) in [6.45, 7) is 1.80. The number of aryl methyl sites for hydroxylation is 1. The number of carbonyl (C=O) groups is 1. The lowest BCUT2D eigenvalue weighted by Gasteiger charge is -2.35. The molecule has 152 valence electrons. The monoisotopic (exact) mass is 504 g/mol. The molecule has 1 aliphatic rings. The molecule has 2 aromatic rings. The molecule has 1 saturated heterocycles. The van der Waals surface area contributed by atoms with Gasteiger partial charge < -0.3 is 15.1 Å². The molecule has 0 aliphatic carbocycles. The van der Waals surface area contributed by atoms with Crippen LogP contribution in [0.15, 0.2) is 35.6 Å². The first-order valence-electron chi connectivity index (χ1n) is 8.66. The van der Waals surface area contributed by atoms with Crippen LogP contribution in [0.25, 0.3) is 0 Å². The van der Waals surface area contributed by atoms with Crippen molar-refractivity contribution in [3.05, 3.63) is 47.8 Å². The smallest absolute Gasteiger partial charge is 0.246 e. The maximum absolute atomic E-state index is 13.3. The van der Waals surface area contributed by atoms with Crippen LogP contribution in [0.1, 0.15) is 5.56 Å². The second-order valence-corrected chi connectivity index (χ2v) is 6.34. The van der Waals surface area contributed by atoms with Gasteiger partial charge in [-0.15, -0.1) is 24.0 Å². The summed E-state index contributed by atoms with van der Waals surface area (Å²) in [6, 6.07) is 3.47. The average Bonchev–Trinajstić information content (AvgIpc) is 3.04. The number of hydrogen-bond donors (Lipinski definition) is 1. The van der Waals surface area contributed by atoms with Crippen LogP contribution in [0.5, 0.6) is 0 Å². The normalized spacial score (nSPS) is 14.9. The van der Waals surface area contributed by atoms with Crippen LogP contribution in [0.2, 0.25) is 0 Å². The Hall–Kier alpha value is -2.24. The maximum atomic E-state index is 13.3. The topological polar surface area (TPSA) is 65.8 Å². The molecule has 7 nitrogen and oxygen atoms in total. The van der Waals surface area contributed by atoms with Crippen molar-refractivity contribution in [3.8, 4) is 0 Å². The summed E-state index contributed by atoms with van der Waals surface area (Å²) >= 11 is 0. The summed E-state index contributed by atoms with van der Waals surface area (Å²) in [6.07, 6.45) is 3.91. The fourth-order valence-corrected chi connectivity index (χ4v) is 3.08. The van der Waals surface area contributed by atoms with E-state index in [0.717, 1.165) is 11.8 Å². The van der Waals surface area contributed by atoms with Crippen LogP contribution in [0.3, 0.4) is 0 Å². The van der Waals surface area contributed by atoms with E-state index >= 15 is 0 Å². The number of aromatic nitrogens is 2. The van der Waals surface area contributed by atoms with Crippen molar-refractivity contribution in [2.24, 2.45) is 12.0 Å². The highest BCUT2D eigenvalue weighted by Gasteiger charge is 2.27. The van der Waals surface area contributed by atoms with Gasteiger partial charge in [-0.1, -0.05) is 0 Å². The van der Waals surface area contributed by atoms with Crippen LogP contribution in [-0.2, 0) is 18.3 Å². The summed E-state index contributed by atoms with van der Waals surface area (Å²) in [7, 11) is 3.45. The summed E-state index contributed by atoms with van der Waals surface area (Å²) in [4.78, 5) is 20.3. The number of carbonyl (C=O) groups excluding carboxylic acids is 1. The first kappa shape index (κ1) is 22.1. The number of rotatable bonds is 4. The lowest BCUT2D eigenvalue weighted by molar-refractivity contribution is -0.120. The predicted molar refractivity (Wildman–Crippen MR) is 114 cm³/mol. The number of aliphatic imine (C=N–C) groups is 1. The minimum atomic E-state index is -0.591. The van der Waals surface area contributed by atoms with Crippen molar-refractivity contribution in [2.45, 2.75) is 6.42 Å². The number of anilines is 1. The largest absolute Gasteiger partial charge is 0.356 e. The summed E-state index contributed by atoms with van der Waals surface area (Å²) in [5.74, 6) is -0.631. The molecule has 1 aliphatic heterocycles. The minimum Gasteiger partial charge on any atom is -0.356 e. The Bertz CT molecular complexity index is 836. The molecule has 0 unspecified atom stereocenters. The van der Waals surface area contributed by atoms with Gasteiger partial charge in [-0.25, -0.2) is 8.78 Å². The second kappa shape index (κ2) is 9.80. The summed E-state index contributed by atoms with van der Waals surface area (Å²) in [5, 5.41) is 7.25. The van der Waals surface area contributed by atoms with Gasteiger partial charge in [-0.3, -0.25) is 14.5 Å². The molecule has 0 radical (unpaired) electrons. The minimum absolute atomic E-state index is 0. The Morgan fingerprint density at radius 2 is 1.96 bits per heavy atom. The molecule has 1 aromatic carbocycles. The average molecular weight is 504 g/mol. The maximum Gasteiger partial charge on any atom is 0.246 e. The number of hydrogen-bond acceptors (Lipinski definition) is 3. The molecule has 3 rings (SSSR count). The molecule has 0 bridgehead atoms. The van der Waals surface area contributed by atoms with E-state index in [4.69, 9.17) is 0 Å². The van der Waals surface area contributed by atoms with E-state index in [1.54, 1.807) is 36.1 Å². The van der Waals surface area contributed by atoms with Crippen molar-refractivity contribution in [1.29, 1.82) is 0 Å². The molecule has 0 saturated carbocycles. The van der Waals surface area contributed by atoms with Gasteiger partial charge in [0.15, 0.2) is 5.96 Å². The van der Waals surface area contributed by atoms with Gasteiger partial charge in [0.25, 0.3) is 0 Å². The first-order chi connectivity index (χ1) is 13.0. The first-order valence-corrected chi connectivity index (χ1v) is 8.66. The quantitative estimate of drug-likeness (QED) is 0.392. The zero-order valence-electron chi connectivity index (χ0n) is 15.7. The molecule has 1 fully saturated rings. The van der Waals surface area contributed by atoms with E-state index in [9.17, 15) is 13.6 Å². The fraction of sp³-hybridized carbons (Fsp3) is 0.389. The standard InChI is InChI=1S/C18H22F2N6O.HI/c1-21-18(22-4-3-13-7-14(19)9-15(20)8-13)25-5-6-26(17(27)12-25)16-10-23-24(2)11-16;/h7-11H,3-6,12H2,1-2H3,(H,21,22);1H. The van der Waals surface area contributed by atoms with Gasteiger partial charge in [0.2, 0.25) is 5.91 Å².